The number of H-pyrrole nitrogens is 1. The molecular formula is C15H15N3OS. The third-order valence-corrected chi connectivity index (χ3v) is 4.15. The van der Waals surface area contributed by atoms with Gasteiger partial charge >= 0.3 is 0 Å². The van der Waals surface area contributed by atoms with Gasteiger partial charge in [-0.3, -0.25) is 4.79 Å². The molecule has 0 radical (unpaired) electrons. The number of benzene rings is 1. The van der Waals surface area contributed by atoms with E-state index in [-0.39, 0.29) is 5.78 Å². The minimum Gasteiger partial charge on any atom is -0.398 e. The lowest BCUT2D eigenvalue weighted by molar-refractivity contribution is 0.104. The molecule has 3 rings (SSSR count). The van der Waals surface area contributed by atoms with Gasteiger partial charge in [-0.1, -0.05) is 19.9 Å². The average Bonchev–Trinajstić information content (AvgIpc) is 3.05. The molecule has 0 fully saturated rings. The lowest BCUT2D eigenvalue weighted by Crippen LogP contribution is -2.01. The number of nitrogens with one attached hydrogen (secondary N) is 1. The molecule has 0 saturated carbocycles. The first-order chi connectivity index (χ1) is 9.58. The molecule has 3 N–H and O–H groups in total. The fraction of sp³-hybridized carbons (Fsp3) is 0.200. The van der Waals surface area contributed by atoms with Gasteiger partial charge in [0.05, 0.1) is 11.3 Å². The number of hydrogen-bond donors (Lipinski definition) is 2. The van der Waals surface area contributed by atoms with Crippen LogP contribution in [0.2, 0.25) is 0 Å². The number of carbonyl (C=O) groups excluding carboxylic acids is 1. The first-order valence-corrected chi connectivity index (χ1v) is 7.31. The molecular weight excluding hydrogens is 270 g/mol. The lowest BCUT2D eigenvalue weighted by Gasteiger charge is -2.00. The minimum absolute atomic E-state index is 0.0777. The van der Waals surface area contributed by atoms with Crippen LogP contribution in [0.4, 0.5) is 5.69 Å². The van der Waals surface area contributed by atoms with Crippen molar-refractivity contribution in [3.63, 3.8) is 0 Å². The van der Waals surface area contributed by atoms with Crippen LogP contribution < -0.4 is 5.73 Å². The van der Waals surface area contributed by atoms with Crippen molar-refractivity contribution in [3.8, 4) is 0 Å². The van der Waals surface area contributed by atoms with Crippen LogP contribution in [0.3, 0.4) is 0 Å². The van der Waals surface area contributed by atoms with Gasteiger partial charge in [0.1, 0.15) is 0 Å². The van der Waals surface area contributed by atoms with Gasteiger partial charge in [0, 0.05) is 28.2 Å². The Labute approximate surface area is 120 Å². The number of hydrogen-bond acceptors (Lipinski definition) is 4. The van der Waals surface area contributed by atoms with Crippen molar-refractivity contribution >= 4 is 33.7 Å². The predicted octanol–water partition coefficient (Wildman–Crippen LogP) is 3.56. The molecule has 5 heteroatoms. The van der Waals surface area contributed by atoms with E-state index in [2.05, 4.69) is 23.8 Å². The van der Waals surface area contributed by atoms with Crippen molar-refractivity contribution in [3.05, 3.63) is 46.0 Å². The number of fused-ring (bicyclic) bond motifs is 1. The number of anilines is 1. The Morgan fingerprint density at radius 1 is 1.40 bits per heavy atom. The summed E-state index contributed by atoms with van der Waals surface area (Å²) in [6.07, 6.45) is 1.71. The second-order valence-corrected chi connectivity index (χ2v) is 5.89. The Hall–Kier alpha value is -2.14. The van der Waals surface area contributed by atoms with Gasteiger partial charge in [0.2, 0.25) is 5.78 Å². The van der Waals surface area contributed by atoms with E-state index >= 15 is 0 Å². The molecule has 0 spiro atoms. The highest BCUT2D eigenvalue weighted by Crippen LogP contribution is 2.28. The summed E-state index contributed by atoms with van der Waals surface area (Å²) in [5.74, 6) is 0.242. The normalized spacial score (nSPS) is 11.3. The van der Waals surface area contributed by atoms with Gasteiger partial charge in [0.15, 0.2) is 5.01 Å². The second-order valence-electron chi connectivity index (χ2n) is 5.03. The van der Waals surface area contributed by atoms with Crippen LogP contribution in [0.15, 0.2) is 29.8 Å². The van der Waals surface area contributed by atoms with E-state index < -0.39 is 0 Å². The summed E-state index contributed by atoms with van der Waals surface area (Å²) in [4.78, 5) is 20.1. The molecule has 0 atom stereocenters. The zero-order valence-corrected chi connectivity index (χ0v) is 12.1. The molecule has 0 aliphatic rings. The Morgan fingerprint density at radius 3 is 2.90 bits per heavy atom. The summed E-state index contributed by atoms with van der Waals surface area (Å²) in [5.41, 5.74) is 8.99. The highest BCUT2D eigenvalue weighted by molar-refractivity contribution is 7.12. The Kier molecular flexibility index (Phi) is 3.06. The summed E-state index contributed by atoms with van der Waals surface area (Å²) in [7, 11) is 0. The quantitative estimate of drug-likeness (QED) is 0.571. The van der Waals surface area contributed by atoms with E-state index in [1.165, 1.54) is 11.3 Å². The molecule has 20 heavy (non-hydrogen) atoms. The van der Waals surface area contributed by atoms with Crippen molar-refractivity contribution in [2.24, 2.45) is 0 Å². The predicted molar refractivity (Wildman–Crippen MR) is 82.3 cm³/mol. The first kappa shape index (κ1) is 12.9. The summed E-state index contributed by atoms with van der Waals surface area (Å²) < 4.78 is 0. The number of rotatable bonds is 3. The number of nitrogens with two attached hydrogens (primary N) is 1. The Bertz CT molecular complexity index is 785. The van der Waals surface area contributed by atoms with E-state index in [9.17, 15) is 4.79 Å². The maximum Gasteiger partial charge on any atom is 0.223 e. The SMILES string of the molecule is CC(C)c1csc(C(=O)c2c[nH]c3cccc(N)c23)n1. The van der Waals surface area contributed by atoms with Gasteiger partial charge in [-0.2, -0.15) is 0 Å². The van der Waals surface area contributed by atoms with E-state index in [1.54, 1.807) is 12.3 Å². The third-order valence-electron chi connectivity index (χ3n) is 3.29. The van der Waals surface area contributed by atoms with E-state index in [1.807, 2.05) is 17.5 Å². The van der Waals surface area contributed by atoms with E-state index in [0.29, 0.717) is 22.2 Å². The second kappa shape index (κ2) is 4.76. The molecule has 0 saturated heterocycles. The Balaban J connectivity index is 2.08. The number of thiazole rings is 1. The summed E-state index contributed by atoms with van der Waals surface area (Å²) in [5, 5.41) is 3.23. The minimum atomic E-state index is -0.0777. The number of nitrogens with zero attached hydrogens (tertiary/aromatic N) is 1. The van der Waals surface area contributed by atoms with Crippen LogP contribution in [0.25, 0.3) is 10.9 Å². The molecule has 102 valence electrons. The molecule has 2 heterocycles. The molecule has 0 amide bonds. The topological polar surface area (TPSA) is 71.8 Å². The van der Waals surface area contributed by atoms with E-state index in [4.69, 9.17) is 5.73 Å². The number of aromatic nitrogens is 2. The van der Waals surface area contributed by atoms with Crippen LogP contribution in [-0.4, -0.2) is 15.8 Å². The third kappa shape index (κ3) is 2.00. The number of nitrogen functional groups attached to an aromatic ring is 1. The van der Waals surface area contributed by atoms with Crippen molar-refractivity contribution < 1.29 is 4.79 Å². The summed E-state index contributed by atoms with van der Waals surface area (Å²) in [6.45, 7) is 4.12. The first-order valence-electron chi connectivity index (χ1n) is 6.43. The van der Waals surface area contributed by atoms with Crippen LogP contribution in [0.1, 0.15) is 40.8 Å². The van der Waals surface area contributed by atoms with Crippen molar-refractivity contribution in [1.82, 2.24) is 9.97 Å². The zero-order valence-electron chi connectivity index (χ0n) is 11.3. The van der Waals surface area contributed by atoms with Gasteiger partial charge in [-0.15, -0.1) is 11.3 Å². The van der Waals surface area contributed by atoms with Crippen molar-refractivity contribution in [1.29, 1.82) is 0 Å². The zero-order chi connectivity index (χ0) is 14.3. The van der Waals surface area contributed by atoms with Crippen LogP contribution in [0, 0.1) is 0 Å². The van der Waals surface area contributed by atoms with Crippen LogP contribution in [-0.2, 0) is 0 Å². The molecule has 3 aromatic rings. The van der Waals surface area contributed by atoms with Crippen molar-refractivity contribution in [2.45, 2.75) is 19.8 Å². The van der Waals surface area contributed by atoms with Crippen LogP contribution >= 0.6 is 11.3 Å². The maximum absolute atomic E-state index is 12.6. The van der Waals surface area contributed by atoms with Gasteiger partial charge < -0.3 is 10.7 Å². The fourth-order valence-electron chi connectivity index (χ4n) is 2.16. The fourth-order valence-corrected chi connectivity index (χ4v) is 3.10. The highest BCUT2D eigenvalue weighted by Gasteiger charge is 2.19. The van der Waals surface area contributed by atoms with E-state index in [0.717, 1.165) is 16.6 Å². The molecule has 0 unspecified atom stereocenters. The van der Waals surface area contributed by atoms with Gasteiger partial charge in [-0.25, -0.2) is 4.98 Å². The molecule has 1 aromatic carbocycles. The van der Waals surface area contributed by atoms with Crippen molar-refractivity contribution in [2.75, 3.05) is 5.73 Å². The standard InChI is InChI=1S/C15H15N3OS/c1-8(2)12-7-20-15(18-12)14(19)9-6-17-11-5-3-4-10(16)13(9)11/h3-8,17H,16H2,1-2H3. The monoisotopic (exact) mass is 285 g/mol. The Morgan fingerprint density at radius 2 is 2.20 bits per heavy atom. The highest BCUT2D eigenvalue weighted by atomic mass is 32.1. The molecule has 2 aromatic heterocycles. The molecule has 0 bridgehead atoms. The largest absolute Gasteiger partial charge is 0.398 e. The number of ketones is 1. The average molecular weight is 285 g/mol. The lowest BCUT2D eigenvalue weighted by atomic mass is 10.1. The number of carbonyl (C=O) groups is 1. The smallest absolute Gasteiger partial charge is 0.223 e. The summed E-state index contributed by atoms with van der Waals surface area (Å²) >= 11 is 1.38. The molecule has 0 aliphatic heterocycles. The molecule has 0 aliphatic carbocycles. The van der Waals surface area contributed by atoms with Gasteiger partial charge in [0.25, 0.3) is 0 Å². The van der Waals surface area contributed by atoms with Gasteiger partial charge in [-0.05, 0) is 18.1 Å². The summed E-state index contributed by atoms with van der Waals surface area (Å²) in [6, 6.07) is 5.57. The van der Waals surface area contributed by atoms with Crippen LogP contribution in [0.5, 0.6) is 0 Å². The molecule has 4 nitrogen and oxygen atoms in total. The maximum atomic E-state index is 12.6. The number of aromatic amines is 1.